The lowest BCUT2D eigenvalue weighted by atomic mass is 10.1. The molecule has 0 saturated carbocycles. The number of piperidine rings is 1. The number of amides is 1. The van der Waals surface area contributed by atoms with Crippen LogP contribution in [0.5, 0.6) is 0 Å². The first-order chi connectivity index (χ1) is 6.20. The number of hydrogen-bond acceptors (Lipinski definition) is 3. The van der Waals surface area contributed by atoms with Crippen LogP contribution in [0.15, 0.2) is 0 Å². The van der Waals surface area contributed by atoms with Gasteiger partial charge in [0.2, 0.25) is 5.91 Å². The molecule has 0 bridgehead atoms. The van der Waals surface area contributed by atoms with Crippen molar-refractivity contribution in [3.63, 3.8) is 0 Å². The van der Waals surface area contributed by atoms with Gasteiger partial charge in [-0.25, -0.2) is 0 Å². The highest BCUT2D eigenvalue weighted by Crippen LogP contribution is 2.01. The van der Waals surface area contributed by atoms with Gasteiger partial charge in [-0.3, -0.25) is 4.79 Å². The van der Waals surface area contributed by atoms with Crippen LogP contribution in [-0.4, -0.2) is 50.6 Å². The minimum Gasteiger partial charge on any atom is -0.355 e. The molecule has 13 heavy (non-hydrogen) atoms. The highest BCUT2D eigenvalue weighted by molar-refractivity contribution is 5.82. The van der Waals surface area contributed by atoms with Gasteiger partial charge in [-0.1, -0.05) is 0 Å². The second kappa shape index (κ2) is 5.19. The molecule has 1 amide bonds. The van der Waals surface area contributed by atoms with E-state index in [1.54, 1.807) is 0 Å². The Morgan fingerprint density at radius 1 is 1.62 bits per heavy atom. The van der Waals surface area contributed by atoms with Crippen LogP contribution in [0.1, 0.15) is 12.8 Å². The molecule has 0 aliphatic carbocycles. The largest absolute Gasteiger partial charge is 0.355 e. The third-order valence-corrected chi connectivity index (χ3v) is 2.24. The maximum atomic E-state index is 11.3. The minimum atomic E-state index is 0.0358. The predicted molar refractivity (Wildman–Crippen MR) is 52.6 cm³/mol. The van der Waals surface area contributed by atoms with Gasteiger partial charge in [0.25, 0.3) is 0 Å². The van der Waals surface area contributed by atoms with E-state index in [0.717, 1.165) is 32.5 Å². The van der Waals surface area contributed by atoms with Crippen molar-refractivity contribution in [2.45, 2.75) is 18.9 Å². The Morgan fingerprint density at radius 2 is 2.38 bits per heavy atom. The average Bonchev–Trinajstić information content (AvgIpc) is 2.08. The lowest BCUT2D eigenvalue weighted by molar-refractivity contribution is -0.124. The second-order valence-electron chi connectivity index (χ2n) is 3.74. The molecule has 1 aliphatic rings. The number of rotatable bonds is 4. The Balaban J connectivity index is 2.15. The van der Waals surface area contributed by atoms with E-state index in [1.165, 1.54) is 0 Å². The SMILES string of the molecule is CN(C)CCNC1CCCNC1=O. The first-order valence-corrected chi connectivity index (χ1v) is 4.86. The van der Waals surface area contributed by atoms with Crippen molar-refractivity contribution in [2.75, 3.05) is 33.7 Å². The summed E-state index contributed by atoms with van der Waals surface area (Å²) in [6, 6.07) is 0.0358. The van der Waals surface area contributed by atoms with Crippen LogP contribution in [0.3, 0.4) is 0 Å². The Hall–Kier alpha value is -0.610. The summed E-state index contributed by atoms with van der Waals surface area (Å²) in [6.07, 6.45) is 2.06. The van der Waals surface area contributed by atoms with Crippen molar-refractivity contribution in [2.24, 2.45) is 0 Å². The van der Waals surface area contributed by atoms with Gasteiger partial charge < -0.3 is 15.5 Å². The zero-order valence-electron chi connectivity index (χ0n) is 8.47. The van der Waals surface area contributed by atoms with Gasteiger partial charge in [0, 0.05) is 19.6 Å². The Morgan fingerprint density at radius 3 is 3.00 bits per heavy atom. The van der Waals surface area contributed by atoms with Crippen molar-refractivity contribution < 1.29 is 4.79 Å². The van der Waals surface area contributed by atoms with E-state index < -0.39 is 0 Å². The minimum absolute atomic E-state index is 0.0358. The van der Waals surface area contributed by atoms with Gasteiger partial charge in [-0.05, 0) is 26.9 Å². The van der Waals surface area contributed by atoms with Crippen LogP contribution in [0.2, 0.25) is 0 Å². The lowest BCUT2D eigenvalue weighted by Gasteiger charge is -2.23. The predicted octanol–water partition coefficient (Wildman–Crippen LogP) is -0.584. The van der Waals surface area contributed by atoms with Gasteiger partial charge >= 0.3 is 0 Å². The third-order valence-electron chi connectivity index (χ3n) is 2.24. The lowest BCUT2D eigenvalue weighted by Crippen LogP contribution is -2.49. The fourth-order valence-electron chi connectivity index (χ4n) is 1.43. The van der Waals surface area contributed by atoms with Crippen LogP contribution in [0, 0.1) is 0 Å². The first kappa shape index (κ1) is 10.5. The van der Waals surface area contributed by atoms with Crippen LogP contribution >= 0.6 is 0 Å². The Bertz CT molecular complexity index is 170. The average molecular weight is 185 g/mol. The number of nitrogens with zero attached hydrogens (tertiary/aromatic N) is 1. The molecule has 1 unspecified atom stereocenters. The summed E-state index contributed by atoms with van der Waals surface area (Å²) in [4.78, 5) is 13.4. The fourth-order valence-corrected chi connectivity index (χ4v) is 1.43. The molecule has 1 fully saturated rings. The molecular formula is C9H19N3O. The molecule has 1 atom stereocenters. The summed E-state index contributed by atoms with van der Waals surface area (Å²) in [5.74, 6) is 0.157. The van der Waals surface area contributed by atoms with E-state index in [9.17, 15) is 4.79 Å². The number of likely N-dealkylation sites (N-methyl/N-ethyl adjacent to an activating group) is 1. The number of carbonyl (C=O) groups is 1. The van der Waals surface area contributed by atoms with Crippen LogP contribution < -0.4 is 10.6 Å². The highest BCUT2D eigenvalue weighted by Gasteiger charge is 2.20. The van der Waals surface area contributed by atoms with E-state index in [4.69, 9.17) is 0 Å². The van der Waals surface area contributed by atoms with Gasteiger partial charge in [-0.2, -0.15) is 0 Å². The van der Waals surface area contributed by atoms with E-state index in [1.807, 2.05) is 14.1 Å². The number of hydrogen-bond donors (Lipinski definition) is 2. The molecule has 4 heteroatoms. The van der Waals surface area contributed by atoms with Crippen LogP contribution in [-0.2, 0) is 4.79 Å². The van der Waals surface area contributed by atoms with Crippen molar-refractivity contribution in [1.82, 2.24) is 15.5 Å². The highest BCUT2D eigenvalue weighted by atomic mass is 16.2. The van der Waals surface area contributed by atoms with E-state index in [2.05, 4.69) is 15.5 Å². The molecule has 0 aromatic carbocycles. The quantitative estimate of drug-likeness (QED) is 0.615. The maximum Gasteiger partial charge on any atom is 0.237 e. The molecule has 0 radical (unpaired) electrons. The number of carbonyl (C=O) groups excluding carboxylic acids is 1. The van der Waals surface area contributed by atoms with Crippen LogP contribution in [0.4, 0.5) is 0 Å². The van der Waals surface area contributed by atoms with Crippen LogP contribution in [0.25, 0.3) is 0 Å². The fraction of sp³-hybridized carbons (Fsp3) is 0.889. The number of nitrogens with one attached hydrogen (secondary N) is 2. The normalized spacial score (nSPS) is 23.3. The summed E-state index contributed by atoms with van der Waals surface area (Å²) in [5.41, 5.74) is 0. The molecule has 1 aliphatic heterocycles. The summed E-state index contributed by atoms with van der Waals surface area (Å²) in [6.45, 7) is 2.69. The molecule has 1 heterocycles. The van der Waals surface area contributed by atoms with E-state index in [0.29, 0.717) is 0 Å². The zero-order chi connectivity index (χ0) is 9.68. The summed E-state index contributed by atoms with van der Waals surface area (Å²) in [7, 11) is 4.06. The van der Waals surface area contributed by atoms with Gasteiger partial charge in [-0.15, -0.1) is 0 Å². The molecule has 1 rings (SSSR count). The van der Waals surface area contributed by atoms with E-state index in [-0.39, 0.29) is 11.9 Å². The molecule has 2 N–H and O–H groups in total. The Kier molecular flexibility index (Phi) is 4.18. The second-order valence-corrected chi connectivity index (χ2v) is 3.74. The molecule has 0 spiro atoms. The smallest absolute Gasteiger partial charge is 0.237 e. The van der Waals surface area contributed by atoms with Crippen molar-refractivity contribution >= 4 is 5.91 Å². The summed E-state index contributed by atoms with van der Waals surface area (Å²) >= 11 is 0. The topological polar surface area (TPSA) is 44.4 Å². The van der Waals surface area contributed by atoms with Gasteiger partial charge in [0.1, 0.15) is 0 Å². The molecule has 76 valence electrons. The molecule has 0 aromatic rings. The summed E-state index contributed by atoms with van der Waals surface area (Å²) < 4.78 is 0. The van der Waals surface area contributed by atoms with Gasteiger partial charge in [0.05, 0.1) is 6.04 Å². The maximum absolute atomic E-state index is 11.3. The molecule has 1 saturated heterocycles. The Labute approximate surface area is 79.7 Å². The van der Waals surface area contributed by atoms with Crippen molar-refractivity contribution in [1.29, 1.82) is 0 Å². The standard InChI is InChI=1S/C9H19N3O/c1-12(2)7-6-10-8-4-3-5-11-9(8)13/h8,10H,3-7H2,1-2H3,(H,11,13). The van der Waals surface area contributed by atoms with E-state index >= 15 is 0 Å². The summed E-state index contributed by atoms with van der Waals surface area (Å²) in [5, 5.41) is 6.10. The third kappa shape index (κ3) is 3.74. The van der Waals surface area contributed by atoms with Crippen molar-refractivity contribution in [3.05, 3.63) is 0 Å². The van der Waals surface area contributed by atoms with Crippen molar-refractivity contribution in [3.8, 4) is 0 Å². The molecule has 0 aromatic heterocycles. The van der Waals surface area contributed by atoms with Gasteiger partial charge in [0.15, 0.2) is 0 Å². The molecule has 4 nitrogen and oxygen atoms in total. The monoisotopic (exact) mass is 185 g/mol. The first-order valence-electron chi connectivity index (χ1n) is 4.86. The zero-order valence-corrected chi connectivity index (χ0v) is 8.47. The molecular weight excluding hydrogens is 166 g/mol.